The van der Waals surface area contributed by atoms with E-state index in [1.807, 2.05) is 17.0 Å². The molecule has 1 aromatic rings. The fourth-order valence-corrected chi connectivity index (χ4v) is 3.02. The number of aromatic nitrogens is 6. The third kappa shape index (κ3) is 4.19. The summed E-state index contributed by atoms with van der Waals surface area (Å²) in [5.41, 5.74) is 3.01. The van der Waals surface area contributed by atoms with Crippen LogP contribution in [0.15, 0.2) is 25.0 Å². The van der Waals surface area contributed by atoms with Crippen molar-refractivity contribution in [2.75, 3.05) is 0 Å². The van der Waals surface area contributed by atoms with Crippen LogP contribution in [0.5, 0.6) is 0 Å². The van der Waals surface area contributed by atoms with Crippen molar-refractivity contribution in [2.45, 2.75) is 64.7 Å². The van der Waals surface area contributed by atoms with Gasteiger partial charge in [0.05, 0.1) is 17.6 Å². The largest absolute Gasteiger partial charge is 0.302 e. The fourth-order valence-electron chi connectivity index (χ4n) is 3.02. The number of nitrogens with one attached hydrogen (secondary N) is 1. The lowest BCUT2D eigenvalue weighted by Gasteiger charge is -2.08. The van der Waals surface area contributed by atoms with Gasteiger partial charge >= 0.3 is 0 Å². The number of aromatic amines is 1. The standard InChI is InChI=1S/C18H26N6/c1-2-3-4-5-6-7-8-9-10-15-17(11-22-23-15)24-12-16-18(21-14-24)20-13-19-16/h11-14H,2-10H2,1H3,(H,22,23). The fraction of sp³-hybridized carbons (Fsp3) is 0.556. The van der Waals surface area contributed by atoms with Gasteiger partial charge in [-0.3, -0.25) is 5.10 Å². The normalized spacial score (nSPS) is 11.4. The highest BCUT2D eigenvalue weighted by atomic mass is 15.2. The van der Waals surface area contributed by atoms with Crippen molar-refractivity contribution >= 4 is 0 Å². The molecule has 0 aliphatic carbocycles. The van der Waals surface area contributed by atoms with Crippen molar-refractivity contribution in [1.29, 1.82) is 0 Å². The number of hydrogen-bond donors (Lipinski definition) is 1. The maximum atomic E-state index is 4.33. The molecule has 128 valence electrons. The Hall–Kier alpha value is -2.24. The van der Waals surface area contributed by atoms with Gasteiger partial charge in [-0.2, -0.15) is 5.10 Å². The molecule has 3 rings (SSSR count). The molecule has 2 aliphatic heterocycles. The van der Waals surface area contributed by atoms with Gasteiger partial charge in [-0.1, -0.05) is 51.9 Å². The molecule has 0 unspecified atom stereocenters. The Kier molecular flexibility index (Phi) is 5.93. The second-order valence-corrected chi connectivity index (χ2v) is 6.32. The molecule has 0 fully saturated rings. The number of hydrogen-bond acceptors (Lipinski definition) is 4. The zero-order chi connectivity index (χ0) is 16.6. The van der Waals surface area contributed by atoms with E-state index in [1.165, 1.54) is 51.4 Å². The van der Waals surface area contributed by atoms with Gasteiger partial charge in [0.25, 0.3) is 0 Å². The van der Waals surface area contributed by atoms with Crippen LogP contribution in [0.3, 0.4) is 0 Å². The van der Waals surface area contributed by atoms with Crippen molar-refractivity contribution in [3.05, 3.63) is 30.7 Å². The monoisotopic (exact) mass is 326 g/mol. The van der Waals surface area contributed by atoms with Crippen LogP contribution in [0, 0.1) is 0 Å². The Morgan fingerprint density at radius 2 is 1.75 bits per heavy atom. The zero-order valence-electron chi connectivity index (χ0n) is 14.4. The maximum Gasteiger partial charge on any atom is 0.182 e. The van der Waals surface area contributed by atoms with E-state index in [9.17, 15) is 0 Å². The molecule has 0 bridgehead atoms. The second kappa shape index (κ2) is 8.57. The average Bonchev–Trinajstić information content (AvgIpc) is 3.25. The minimum Gasteiger partial charge on any atom is -0.302 e. The third-order valence-corrected chi connectivity index (χ3v) is 4.43. The van der Waals surface area contributed by atoms with Crippen LogP contribution in [0.25, 0.3) is 17.2 Å². The van der Waals surface area contributed by atoms with E-state index in [-0.39, 0.29) is 0 Å². The number of fused-ring (bicyclic) bond motifs is 1. The van der Waals surface area contributed by atoms with E-state index in [1.54, 1.807) is 12.7 Å². The lowest BCUT2D eigenvalue weighted by atomic mass is 10.1. The summed E-state index contributed by atoms with van der Waals surface area (Å²) in [4.78, 5) is 12.6. The minimum atomic E-state index is 0.680. The SMILES string of the molecule is CCCCCCCCCCc1[nH]ncc1-n1cnc2ncnc-2c1. The molecule has 1 N–H and O–H groups in total. The number of aryl methyl sites for hydroxylation is 1. The number of unbranched alkanes of at least 4 members (excludes halogenated alkanes) is 7. The smallest absolute Gasteiger partial charge is 0.182 e. The highest BCUT2D eigenvalue weighted by Gasteiger charge is 2.11. The average molecular weight is 326 g/mol. The van der Waals surface area contributed by atoms with Crippen LogP contribution in [-0.2, 0) is 6.42 Å². The number of nitrogens with zero attached hydrogens (tertiary/aromatic N) is 5. The Labute approximate surface area is 143 Å². The summed E-state index contributed by atoms with van der Waals surface area (Å²) in [6, 6.07) is 0. The molecule has 0 spiro atoms. The van der Waals surface area contributed by atoms with Crippen LogP contribution < -0.4 is 0 Å². The summed E-state index contributed by atoms with van der Waals surface area (Å²) < 4.78 is 1.97. The van der Waals surface area contributed by atoms with E-state index >= 15 is 0 Å². The summed E-state index contributed by atoms with van der Waals surface area (Å²) in [6.07, 6.45) is 18.8. The Balaban J connectivity index is 1.50. The lowest BCUT2D eigenvalue weighted by molar-refractivity contribution is 0.573. The van der Waals surface area contributed by atoms with Crippen LogP contribution in [0.1, 0.15) is 64.0 Å². The van der Waals surface area contributed by atoms with Crippen molar-refractivity contribution in [3.8, 4) is 17.2 Å². The Morgan fingerprint density at radius 1 is 0.958 bits per heavy atom. The highest BCUT2D eigenvalue weighted by Crippen LogP contribution is 2.19. The van der Waals surface area contributed by atoms with E-state index in [0.717, 1.165) is 23.5 Å². The van der Waals surface area contributed by atoms with E-state index in [4.69, 9.17) is 0 Å². The highest BCUT2D eigenvalue weighted by molar-refractivity contribution is 5.49. The summed E-state index contributed by atoms with van der Waals surface area (Å²) >= 11 is 0. The molecule has 0 saturated heterocycles. The van der Waals surface area contributed by atoms with Gasteiger partial charge < -0.3 is 4.57 Å². The van der Waals surface area contributed by atoms with Gasteiger partial charge in [-0.15, -0.1) is 0 Å². The zero-order valence-corrected chi connectivity index (χ0v) is 14.4. The van der Waals surface area contributed by atoms with E-state index < -0.39 is 0 Å². The molecule has 0 saturated carbocycles. The molecule has 6 nitrogen and oxygen atoms in total. The van der Waals surface area contributed by atoms with Gasteiger partial charge in [0.2, 0.25) is 0 Å². The molecule has 0 radical (unpaired) electrons. The van der Waals surface area contributed by atoms with Crippen molar-refractivity contribution < 1.29 is 0 Å². The molecule has 0 amide bonds. The van der Waals surface area contributed by atoms with Gasteiger partial charge in [-0.05, 0) is 12.8 Å². The van der Waals surface area contributed by atoms with Gasteiger partial charge in [0, 0.05) is 6.20 Å². The van der Waals surface area contributed by atoms with E-state index in [0.29, 0.717) is 5.82 Å². The molecular formula is C18H26N6. The van der Waals surface area contributed by atoms with Gasteiger partial charge in [-0.25, -0.2) is 15.0 Å². The third-order valence-electron chi connectivity index (χ3n) is 4.43. The molecule has 1 aromatic heterocycles. The predicted octanol–water partition coefficient (Wildman–Crippen LogP) is 4.17. The number of imidazole rings is 1. The maximum absolute atomic E-state index is 4.33. The Morgan fingerprint density at radius 3 is 2.58 bits per heavy atom. The first kappa shape index (κ1) is 16.6. The number of H-pyrrole nitrogens is 1. The Bertz CT molecular complexity index is 701. The van der Waals surface area contributed by atoms with Gasteiger partial charge in [0.1, 0.15) is 18.3 Å². The first-order chi connectivity index (χ1) is 11.9. The van der Waals surface area contributed by atoms with Crippen LogP contribution in [-0.4, -0.2) is 29.7 Å². The van der Waals surface area contributed by atoms with E-state index in [2.05, 4.69) is 32.1 Å². The first-order valence-electron chi connectivity index (χ1n) is 9.06. The topological polar surface area (TPSA) is 72.3 Å². The molecule has 2 aliphatic rings. The second-order valence-electron chi connectivity index (χ2n) is 6.32. The number of rotatable bonds is 10. The summed E-state index contributed by atoms with van der Waals surface area (Å²) in [6.45, 7) is 2.26. The van der Waals surface area contributed by atoms with Crippen molar-refractivity contribution in [2.24, 2.45) is 0 Å². The minimum absolute atomic E-state index is 0.680. The van der Waals surface area contributed by atoms with Crippen LogP contribution in [0.4, 0.5) is 0 Å². The summed E-state index contributed by atoms with van der Waals surface area (Å²) in [7, 11) is 0. The summed E-state index contributed by atoms with van der Waals surface area (Å²) in [5.74, 6) is 0.680. The van der Waals surface area contributed by atoms with Crippen LogP contribution >= 0.6 is 0 Å². The molecular weight excluding hydrogens is 300 g/mol. The summed E-state index contributed by atoms with van der Waals surface area (Å²) in [5, 5.41) is 7.34. The quantitative estimate of drug-likeness (QED) is 0.567. The predicted molar refractivity (Wildman–Crippen MR) is 94.2 cm³/mol. The first-order valence-corrected chi connectivity index (χ1v) is 9.06. The molecule has 24 heavy (non-hydrogen) atoms. The molecule has 6 heteroatoms. The van der Waals surface area contributed by atoms with Gasteiger partial charge in [0.15, 0.2) is 5.82 Å². The molecule has 0 aromatic carbocycles. The lowest BCUT2D eigenvalue weighted by Crippen LogP contribution is -2.01. The molecule has 0 atom stereocenters. The molecule has 3 heterocycles. The van der Waals surface area contributed by atoms with Crippen LogP contribution in [0.2, 0.25) is 0 Å². The van der Waals surface area contributed by atoms with Crippen molar-refractivity contribution in [3.63, 3.8) is 0 Å². The van der Waals surface area contributed by atoms with Crippen molar-refractivity contribution in [1.82, 2.24) is 29.7 Å².